The number of fused-ring (bicyclic) bond motifs is 1. The lowest BCUT2D eigenvalue weighted by molar-refractivity contribution is 0.402. The van der Waals surface area contributed by atoms with Crippen LogP contribution in [0.5, 0.6) is 11.5 Å². The molecule has 0 spiro atoms. The van der Waals surface area contributed by atoms with Gasteiger partial charge in [0.25, 0.3) is 10.0 Å². The summed E-state index contributed by atoms with van der Waals surface area (Å²) >= 11 is 0. The quantitative estimate of drug-likeness (QED) is 0.642. The summed E-state index contributed by atoms with van der Waals surface area (Å²) < 4.78 is 26.4. The third-order valence-electron chi connectivity index (χ3n) is 1.95. The summed E-state index contributed by atoms with van der Waals surface area (Å²) in [5.41, 5.74) is 0.294. The highest BCUT2D eigenvalue weighted by molar-refractivity contribution is 7.90. The summed E-state index contributed by atoms with van der Waals surface area (Å²) in [5.74, 6) is -0.849. The van der Waals surface area contributed by atoms with E-state index in [1.54, 1.807) is 0 Å². The molecule has 0 saturated heterocycles. The molecule has 2 N–H and O–H groups in total. The van der Waals surface area contributed by atoms with Gasteiger partial charge in [0.15, 0.2) is 11.5 Å². The van der Waals surface area contributed by atoms with Crippen LogP contribution in [0.2, 0.25) is 0 Å². The molecule has 6 heteroatoms. The minimum atomic E-state index is -3.78. The first kappa shape index (κ1) is 9.72. The molecule has 15 heavy (non-hydrogen) atoms. The largest absolute Gasteiger partial charge is 0.504 e. The van der Waals surface area contributed by atoms with E-state index in [9.17, 15) is 18.6 Å². The van der Waals surface area contributed by atoms with Crippen molar-refractivity contribution < 1.29 is 18.6 Å². The predicted octanol–water partition coefficient (Wildman–Crippen LogP) is 0.884. The number of hydrogen-bond donors (Lipinski definition) is 2. The van der Waals surface area contributed by atoms with Crippen LogP contribution >= 0.6 is 0 Å². The molecular formula is C9H7NO4S. The van der Waals surface area contributed by atoms with Gasteiger partial charge in [-0.15, -0.1) is 0 Å². The van der Waals surface area contributed by atoms with E-state index in [0.29, 0.717) is 5.56 Å². The lowest BCUT2D eigenvalue weighted by atomic mass is 10.2. The van der Waals surface area contributed by atoms with Gasteiger partial charge in [-0.1, -0.05) is 6.08 Å². The Labute approximate surface area is 86.1 Å². The summed E-state index contributed by atoms with van der Waals surface area (Å²) in [6, 6.07) is 2.15. The van der Waals surface area contributed by atoms with Crippen molar-refractivity contribution in [3.8, 4) is 11.5 Å². The zero-order valence-corrected chi connectivity index (χ0v) is 8.27. The summed E-state index contributed by atoms with van der Waals surface area (Å²) in [4.78, 5) is -0.122. The van der Waals surface area contributed by atoms with E-state index in [0.717, 1.165) is 12.3 Å². The molecule has 0 aliphatic carbocycles. The second-order valence-electron chi connectivity index (χ2n) is 2.97. The number of allylic oxidation sites excluding steroid dienone is 1. The van der Waals surface area contributed by atoms with E-state index < -0.39 is 15.8 Å². The molecule has 0 radical (unpaired) electrons. The fraction of sp³-hybridized carbons (Fsp3) is 0. The van der Waals surface area contributed by atoms with Crippen molar-refractivity contribution in [3.63, 3.8) is 0 Å². The highest BCUT2D eigenvalue weighted by atomic mass is 32.2. The van der Waals surface area contributed by atoms with Crippen molar-refractivity contribution in [2.75, 3.05) is 0 Å². The number of phenolic OH excluding ortho intramolecular Hbond substituents is 2. The summed E-state index contributed by atoms with van der Waals surface area (Å²) in [6.07, 6.45) is 4.08. The van der Waals surface area contributed by atoms with Crippen LogP contribution in [0.25, 0.3) is 6.08 Å². The van der Waals surface area contributed by atoms with Crippen molar-refractivity contribution in [1.29, 1.82) is 0 Å². The lowest BCUT2D eigenvalue weighted by Crippen LogP contribution is -1.98. The standard InChI is InChI=1S/C9H7NO4S/c11-7-4-6-2-1-3-10-15(13,14)9(6)5-8(7)12/h1-5,11-12H. The summed E-state index contributed by atoms with van der Waals surface area (Å²) in [5, 5.41) is 18.4. The Bertz CT molecular complexity index is 572. The topological polar surface area (TPSA) is 87.0 Å². The van der Waals surface area contributed by atoms with E-state index in [2.05, 4.69) is 4.40 Å². The van der Waals surface area contributed by atoms with Gasteiger partial charge in [-0.25, -0.2) is 0 Å². The van der Waals surface area contributed by atoms with Crippen LogP contribution in [0, 0.1) is 0 Å². The molecule has 1 aromatic rings. The molecule has 78 valence electrons. The first-order valence-electron chi connectivity index (χ1n) is 4.04. The molecule has 5 nitrogen and oxygen atoms in total. The van der Waals surface area contributed by atoms with Crippen LogP contribution in [0.15, 0.2) is 27.5 Å². The van der Waals surface area contributed by atoms with Crippen LogP contribution in [0.4, 0.5) is 0 Å². The summed E-state index contributed by atoms with van der Waals surface area (Å²) in [7, 11) is -3.78. The molecule has 0 aromatic heterocycles. The Kier molecular flexibility index (Phi) is 2.01. The minimum Gasteiger partial charge on any atom is -0.504 e. The fourth-order valence-corrected chi connectivity index (χ4v) is 2.28. The van der Waals surface area contributed by atoms with Gasteiger partial charge in [0.2, 0.25) is 0 Å². The average molecular weight is 225 g/mol. The van der Waals surface area contributed by atoms with Gasteiger partial charge in [0, 0.05) is 12.3 Å². The van der Waals surface area contributed by atoms with Gasteiger partial charge < -0.3 is 10.2 Å². The number of benzene rings is 1. The zero-order valence-electron chi connectivity index (χ0n) is 7.45. The third-order valence-corrected chi connectivity index (χ3v) is 3.25. The molecule has 0 unspecified atom stereocenters. The Hall–Kier alpha value is -1.82. The molecule has 0 bridgehead atoms. The molecule has 1 heterocycles. The van der Waals surface area contributed by atoms with Crippen molar-refractivity contribution in [3.05, 3.63) is 23.8 Å². The van der Waals surface area contributed by atoms with Gasteiger partial charge in [0.05, 0.1) is 0 Å². The first-order valence-corrected chi connectivity index (χ1v) is 5.48. The maximum Gasteiger partial charge on any atom is 0.283 e. The van der Waals surface area contributed by atoms with Gasteiger partial charge >= 0.3 is 0 Å². The Morgan fingerprint density at radius 3 is 2.53 bits per heavy atom. The van der Waals surface area contributed by atoms with E-state index in [1.165, 1.54) is 18.2 Å². The van der Waals surface area contributed by atoms with Crippen LogP contribution in [-0.2, 0) is 10.0 Å². The second kappa shape index (κ2) is 3.09. The molecule has 1 aliphatic heterocycles. The van der Waals surface area contributed by atoms with Crippen molar-refractivity contribution in [2.24, 2.45) is 4.40 Å². The molecule has 0 saturated carbocycles. The third kappa shape index (κ3) is 1.59. The Morgan fingerprint density at radius 1 is 1.13 bits per heavy atom. The van der Waals surface area contributed by atoms with Gasteiger partial charge in [0.1, 0.15) is 4.90 Å². The fourth-order valence-electron chi connectivity index (χ4n) is 1.25. The van der Waals surface area contributed by atoms with Crippen LogP contribution in [0.3, 0.4) is 0 Å². The number of phenols is 2. The normalized spacial score (nSPS) is 17.1. The number of sulfonamides is 1. The van der Waals surface area contributed by atoms with E-state index in [-0.39, 0.29) is 10.6 Å². The number of hydrogen-bond acceptors (Lipinski definition) is 4. The van der Waals surface area contributed by atoms with Crippen molar-refractivity contribution >= 4 is 22.3 Å². The maximum atomic E-state index is 11.5. The maximum absolute atomic E-state index is 11.5. The SMILES string of the molecule is O=S1(=O)N=CC=Cc2cc(O)c(O)cc21. The Morgan fingerprint density at radius 2 is 1.80 bits per heavy atom. The van der Waals surface area contributed by atoms with Crippen LogP contribution in [0.1, 0.15) is 5.56 Å². The molecule has 0 atom stereocenters. The number of aromatic hydroxyl groups is 2. The smallest absolute Gasteiger partial charge is 0.283 e. The molecule has 1 aromatic carbocycles. The molecule has 1 aliphatic rings. The predicted molar refractivity (Wildman–Crippen MR) is 54.5 cm³/mol. The number of rotatable bonds is 0. The molecular weight excluding hydrogens is 218 g/mol. The zero-order chi connectivity index (χ0) is 11.1. The molecule has 0 amide bonds. The van der Waals surface area contributed by atoms with Gasteiger partial charge in [-0.05, 0) is 17.7 Å². The second-order valence-corrected chi connectivity index (χ2v) is 4.57. The first-order chi connectivity index (χ1) is 7.00. The highest BCUT2D eigenvalue weighted by Crippen LogP contribution is 2.32. The van der Waals surface area contributed by atoms with Crippen molar-refractivity contribution in [2.45, 2.75) is 4.90 Å². The molecule has 0 fully saturated rings. The van der Waals surface area contributed by atoms with Crippen LogP contribution in [-0.4, -0.2) is 24.8 Å². The number of nitrogens with zero attached hydrogens (tertiary/aromatic N) is 1. The Balaban J connectivity index is 2.82. The van der Waals surface area contributed by atoms with E-state index >= 15 is 0 Å². The average Bonchev–Trinajstić information content (AvgIpc) is 2.29. The van der Waals surface area contributed by atoms with E-state index in [1.807, 2.05) is 0 Å². The minimum absolute atomic E-state index is 0.122. The van der Waals surface area contributed by atoms with Crippen LogP contribution < -0.4 is 0 Å². The van der Waals surface area contributed by atoms with Crippen molar-refractivity contribution in [1.82, 2.24) is 0 Å². The lowest BCUT2D eigenvalue weighted by Gasteiger charge is -2.04. The van der Waals surface area contributed by atoms with E-state index in [4.69, 9.17) is 0 Å². The molecule has 2 rings (SSSR count). The summed E-state index contributed by atoms with van der Waals surface area (Å²) in [6.45, 7) is 0. The van der Waals surface area contributed by atoms with Gasteiger partial charge in [-0.2, -0.15) is 12.8 Å². The highest BCUT2D eigenvalue weighted by Gasteiger charge is 2.19. The monoisotopic (exact) mass is 225 g/mol. The van der Waals surface area contributed by atoms with Gasteiger partial charge in [-0.3, -0.25) is 0 Å².